The van der Waals surface area contributed by atoms with Crippen molar-refractivity contribution in [3.8, 4) is 0 Å². The fourth-order valence-corrected chi connectivity index (χ4v) is 2.09. The van der Waals surface area contributed by atoms with Crippen LogP contribution in [0.4, 0.5) is 84.7 Å². The lowest BCUT2D eigenvalue weighted by Crippen LogP contribution is -2.68. The molecule has 1 aromatic carbocycles. The molecule has 2 atom stereocenters. The Labute approximate surface area is 196 Å². The largest absolute Gasteiger partial charge is 0.462 e. The predicted octanol–water partition coefficient (Wildman–Crippen LogP) is 6.95. The molecule has 38 heavy (non-hydrogen) atoms. The molecule has 1 N–H and O–H groups in total. The molecule has 0 spiro atoms. The first-order chi connectivity index (χ1) is 16.5. The Hall–Kier alpha value is -2.65. The topological polar surface area (TPSA) is 47.6 Å². The summed E-state index contributed by atoms with van der Waals surface area (Å²) < 4.78 is 239. The van der Waals surface area contributed by atoms with E-state index in [1.54, 1.807) is 0 Å². The van der Waals surface area contributed by atoms with E-state index in [1.165, 1.54) is 4.74 Å². The molecule has 0 heterocycles. The number of aryl methyl sites for hydroxylation is 1. The second-order valence-electron chi connectivity index (χ2n) is 6.91. The summed E-state index contributed by atoms with van der Waals surface area (Å²) in [6.45, 7) is 0.838. The first-order valence-electron chi connectivity index (χ1n) is 8.66. The fourth-order valence-electron chi connectivity index (χ4n) is 2.09. The second-order valence-corrected chi connectivity index (χ2v) is 6.91. The lowest BCUT2D eigenvalue weighted by Gasteiger charge is -2.40. The molecule has 0 radical (unpaired) electrons. The van der Waals surface area contributed by atoms with Crippen molar-refractivity contribution in [2.75, 3.05) is 5.32 Å². The maximum atomic E-state index is 14.4. The monoisotopic (exact) mass is 603 g/mol. The van der Waals surface area contributed by atoms with Gasteiger partial charge in [0, 0.05) is 5.69 Å². The van der Waals surface area contributed by atoms with Crippen LogP contribution >= 0.6 is 0 Å². The maximum Gasteiger partial charge on any atom is 0.462 e. The van der Waals surface area contributed by atoms with Crippen molar-refractivity contribution in [1.82, 2.24) is 0 Å². The molecule has 1 aromatic rings. The number of halogens is 18. The maximum absolute atomic E-state index is 14.4. The van der Waals surface area contributed by atoms with Crippen molar-refractivity contribution in [3.05, 3.63) is 29.6 Å². The Morgan fingerprint density at radius 3 is 1.55 bits per heavy atom. The zero-order valence-corrected chi connectivity index (χ0v) is 17.3. The van der Waals surface area contributed by atoms with Crippen molar-refractivity contribution in [2.45, 2.75) is 55.3 Å². The van der Waals surface area contributed by atoms with Gasteiger partial charge in [-0.05, 0) is 24.6 Å². The minimum atomic E-state index is -8.12. The van der Waals surface area contributed by atoms with Gasteiger partial charge in [0.2, 0.25) is 0 Å². The molecule has 0 fully saturated rings. The third-order valence-corrected chi connectivity index (χ3v) is 4.10. The minimum absolute atomic E-state index is 0.0836. The number of hydrogen-bond donors (Lipinski definition) is 1. The average Bonchev–Trinajstić information content (AvgIpc) is 2.67. The number of rotatable bonds is 8. The molecule has 0 aliphatic carbocycles. The third kappa shape index (κ3) is 5.83. The van der Waals surface area contributed by atoms with Gasteiger partial charge in [0.1, 0.15) is 5.82 Å². The highest BCUT2D eigenvalue weighted by Crippen LogP contribution is 2.56. The van der Waals surface area contributed by atoms with E-state index in [-0.39, 0.29) is 6.07 Å². The van der Waals surface area contributed by atoms with Crippen LogP contribution in [0.3, 0.4) is 0 Å². The SMILES string of the molecule is Cc1ccc(F)cc1NC(=O)[C@@](F)(OC(F)(F)[C@@](F)(OC(F)(F)C(F)(F)C(F)(F)F)C(F)(F)F)C(F)(F)F. The summed E-state index contributed by atoms with van der Waals surface area (Å²) in [4.78, 5) is 11.7. The Balaban J connectivity index is 3.67. The van der Waals surface area contributed by atoms with E-state index >= 15 is 0 Å². The number of alkyl halides is 17. The first-order valence-corrected chi connectivity index (χ1v) is 8.66. The molecule has 0 aliphatic heterocycles. The van der Waals surface area contributed by atoms with Gasteiger partial charge >= 0.3 is 48.4 Å². The van der Waals surface area contributed by atoms with Crippen LogP contribution < -0.4 is 5.32 Å². The Morgan fingerprint density at radius 1 is 0.684 bits per heavy atom. The summed E-state index contributed by atoms with van der Waals surface area (Å²) in [5.74, 6) is -28.0. The van der Waals surface area contributed by atoms with Crippen LogP contribution in [0.15, 0.2) is 18.2 Å². The summed E-state index contributed by atoms with van der Waals surface area (Å²) >= 11 is 0. The quantitative estimate of drug-likeness (QED) is 0.328. The van der Waals surface area contributed by atoms with E-state index in [0.29, 0.717) is 17.4 Å². The van der Waals surface area contributed by atoms with Crippen molar-refractivity contribution in [3.63, 3.8) is 0 Å². The molecule has 0 bridgehead atoms. The molecular formula is C16H7F18NO3. The standard InChI is InChI=1S/C16H7F18NO3/c1-5-2-3-6(17)4-7(5)35-8(36)9(18,12(22,23)24)37-16(33,34)11(21,14(28,29)30)38-15(31,32)10(19,20)13(25,26)27/h2-4H,1H3,(H,35,36)/t9-,11+/m1/s1. The van der Waals surface area contributed by atoms with Crippen molar-refractivity contribution >= 4 is 11.6 Å². The van der Waals surface area contributed by atoms with E-state index < -0.39 is 71.4 Å². The number of carbonyl (C=O) groups is 1. The Morgan fingerprint density at radius 2 is 1.16 bits per heavy atom. The highest BCUT2D eigenvalue weighted by molar-refractivity contribution is 5.97. The number of anilines is 1. The van der Waals surface area contributed by atoms with E-state index in [0.717, 1.165) is 6.92 Å². The van der Waals surface area contributed by atoms with Crippen LogP contribution in [-0.2, 0) is 14.3 Å². The van der Waals surface area contributed by atoms with Crippen LogP contribution in [0.1, 0.15) is 5.56 Å². The zero-order chi connectivity index (χ0) is 30.6. The average molecular weight is 603 g/mol. The van der Waals surface area contributed by atoms with Crippen molar-refractivity contribution in [1.29, 1.82) is 0 Å². The van der Waals surface area contributed by atoms with E-state index in [2.05, 4.69) is 0 Å². The molecule has 22 heteroatoms. The Bertz CT molecular complexity index is 1030. The fraction of sp³-hybridized carbons (Fsp3) is 0.562. The van der Waals surface area contributed by atoms with Gasteiger partial charge < -0.3 is 5.32 Å². The van der Waals surface area contributed by atoms with Crippen LogP contribution in [0.2, 0.25) is 0 Å². The third-order valence-electron chi connectivity index (χ3n) is 4.10. The lowest BCUT2D eigenvalue weighted by atomic mass is 10.1. The summed E-state index contributed by atoms with van der Waals surface area (Å²) in [5, 5.41) is 0.710. The van der Waals surface area contributed by atoms with Crippen molar-refractivity contribution < 1.29 is 93.3 Å². The van der Waals surface area contributed by atoms with Gasteiger partial charge in [0.25, 0.3) is 5.91 Å². The van der Waals surface area contributed by atoms with Gasteiger partial charge in [-0.3, -0.25) is 14.3 Å². The number of benzene rings is 1. The van der Waals surface area contributed by atoms with Crippen LogP contribution in [-0.4, -0.2) is 54.3 Å². The van der Waals surface area contributed by atoms with Gasteiger partial charge in [0.15, 0.2) is 0 Å². The lowest BCUT2D eigenvalue weighted by molar-refractivity contribution is -0.548. The number of carbonyl (C=O) groups excluding carboxylic acids is 1. The summed E-state index contributed by atoms with van der Waals surface area (Å²) in [6.07, 6.45) is -38.9. The number of hydrogen-bond acceptors (Lipinski definition) is 3. The van der Waals surface area contributed by atoms with Gasteiger partial charge in [-0.2, -0.15) is 74.6 Å². The molecule has 0 unspecified atom stereocenters. The van der Waals surface area contributed by atoms with Gasteiger partial charge in [-0.25, -0.2) is 4.39 Å². The summed E-state index contributed by atoms with van der Waals surface area (Å²) in [6, 6.07) is 1.30. The molecule has 0 saturated carbocycles. The van der Waals surface area contributed by atoms with Gasteiger partial charge in [-0.1, -0.05) is 6.07 Å². The highest BCUT2D eigenvalue weighted by atomic mass is 19.4. The second kappa shape index (κ2) is 9.52. The first kappa shape index (κ1) is 33.4. The number of ether oxygens (including phenoxy) is 2. The molecule has 220 valence electrons. The van der Waals surface area contributed by atoms with Crippen LogP contribution in [0.5, 0.6) is 0 Å². The van der Waals surface area contributed by atoms with E-state index in [1.807, 2.05) is 4.74 Å². The van der Waals surface area contributed by atoms with E-state index in [9.17, 15) is 83.8 Å². The van der Waals surface area contributed by atoms with Crippen molar-refractivity contribution in [2.24, 2.45) is 0 Å². The van der Waals surface area contributed by atoms with Gasteiger partial charge in [0.05, 0.1) is 0 Å². The Kier molecular flexibility index (Phi) is 8.36. The van der Waals surface area contributed by atoms with Gasteiger partial charge in [-0.15, -0.1) is 0 Å². The smallest absolute Gasteiger partial charge is 0.320 e. The molecule has 1 rings (SSSR count). The van der Waals surface area contributed by atoms with Crippen LogP contribution in [0, 0.1) is 12.7 Å². The van der Waals surface area contributed by atoms with Crippen LogP contribution in [0.25, 0.3) is 0 Å². The molecule has 1 amide bonds. The molecule has 4 nitrogen and oxygen atoms in total. The predicted molar refractivity (Wildman–Crippen MR) is 82.6 cm³/mol. The number of amides is 1. The molecule has 0 saturated heterocycles. The zero-order valence-electron chi connectivity index (χ0n) is 17.3. The molecular weight excluding hydrogens is 596 g/mol. The van der Waals surface area contributed by atoms with E-state index in [4.69, 9.17) is 0 Å². The molecule has 0 aromatic heterocycles. The summed E-state index contributed by atoms with van der Waals surface area (Å²) in [7, 11) is 0. The normalized spacial score (nSPS) is 17.6. The molecule has 0 aliphatic rings. The summed E-state index contributed by atoms with van der Waals surface area (Å²) in [5.41, 5.74) is -1.69. The highest BCUT2D eigenvalue weighted by Gasteiger charge is 2.85. The minimum Gasteiger partial charge on any atom is -0.320 e. The number of nitrogens with one attached hydrogen (secondary N) is 1.